The van der Waals surface area contributed by atoms with Crippen LogP contribution in [0.5, 0.6) is 0 Å². The van der Waals surface area contributed by atoms with Crippen molar-refractivity contribution in [2.45, 2.75) is 31.7 Å². The Kier molecular flexibility index (Phi) is 7.32. The molecule has 0 spiro atoms. The summed E-state index contributed by atoms with van der Waals surface area (Å²) < 4.78 is 53.9. The molecule has 0 aliphatic carbocycles. The van der Waals surface area contributed by atoms with Gasteiger partial charge >= 0.3 is 0 Å². The van der Waals surface area contributed by atoms with E-state index in [9.17, 15) is 21.6 Å². The highest BCUT2D eigenvalue weighted by atomic mass is 32.2. The molecule has 0 fully saturated rings. The minimum atomic E-state index is -3.83. The predicted octanol–water partition coefficient (Wildman–Crippen LogP) is 3.90. The van der Waals surface area contributed by atoms with Crippen molar-refractivity contribution in [1.29, 1.82) is 0 Å². The number of nitrogens with zero attached hydrogens (tertiary/aromatic N) is 1. The average Bonchev–Trinajstić information content (AvgIpc) is 2.76. The van der Waals surface area contributed by atoms with Gasteiger partial charge in [-0.15, -0.1) is 0 Å². The Bertz CT molecular complexity index is 1390. The lowest BCUT2D eigenvalue weighted by Crippen LogP contribution is -2.45. The first kappa shape index (κ1) is 25.3. The van der Waals surface area contributed by atoms with Crippen molar-refractivity contribution in [1.82, 2.24) is 0 Å². The second-order valence-electron chi connectivity index (χ2n) is 8.01. The summed E-state index contributed by atoms with van der Waals surface area (Å²) in [5, 5.41) is 2.65. The number of para-hydroxylation sites is 1. The Morgan fingerprint density at radius 3 is 2.09 bits per heavy atom. The zero-order chi connectivity index (χ0) is 25.1. The number of aryl methyl sites for hydroxylation is 2. The molecule has 1 atom stereocenters. The minimum absolute atomic E-state index is 0.0292. The highest BCUT2D eigenvalue weighted by molar-refractivity contribution is 7.92. The first-order chi connectivity index (χ1) is 15.9. The number of carbonyl (C=O) groups excluding carboxylic acids is 1. The summed E-state index contributed by atoms with van der Waals surface area (Å²) in [5.41, 5.74) is 2.92. The maximum absolute atomic E-state index is 12.8. The summed E-state index contributed by atoms with van der Waals surface area (Å²) in [6, 6.07) is 18.4. The SMILES string of the molecule is Cc1ccc(C)c(NS(=O)(=O)c2ccc(NC(=O)[C@H](C)N(c3ccccc3)S(C)(=O)=O)cc2)c1. The van der Waals surface area contributed by atoms with E-state index in [0.29, 0.717) is 17.1 Å². The molecule has 0 aromatic heterocycles. The zero-order valence-electron chi connectivity index (χ0n) is 19.3. The van der Waals surface area contributed by atoms with Crippen LogP contribution in [0.4, 0.5) is 17.1 Å². The summed E-state index contributed by atoms with van der Waals surface area (Å²) in [7, 11) is -7.57. The van der Waals surface area contributed by atoms with Gasteiger partial charge in [-0.2, -0.15) is 0 Å². The standard InChI is InChI=1S/C24H27N3O5S2/c1-17-10-11-18(2)23(16-17)26-34(31,32)22-14-12-20(13-15-22)25-24(28)19(3)27(33(4,29)30)21-8-6-5-7-9-21/h5-16,19,26H,1-4H3,(H,25,28)/t19-/m0/s1. The minimum Gasteiger partial charge on any atom is -0.324 e. The van der Waals surface area contributed by atoms with E-state index in [1.807, 2.05) is 26.0 Å². The molecular weight excluding hydrogens is 474 g/mol. The van der Waals surface area contributed by atoms with Crippen molar-refractivity contribution >= 4 is 43.0 Å². The summed E-state index contributed by atoms with van der Waals surface area (Å²) in [5.74, 6) is -0.557. The summed E-state index contributed by atoms with van der Waals surface area (Å²) in [6.45, 7) is 5.17. The Morgan fingerprint density at radius 2 is 1.50 bits per heavy atom. The van der Waals surface area contributed by atoms with Crippen molar-refractivity contribution in [3.63, 3.8) is 0 Å². The molecule has 0 heterocycles. The van der Waals surface area contributed by atoms with Gasteiger partial charge in [-0.1, -0.05) is 30.3 Å². The van der Waals surface area contributed by atoms with Gasteiger partial charge in [0.15, 0.2) is 0 Å². The number of carbonyl (C=O) groups is 1. The lowest BCUT2D eigenvalue weighted by molar-refractivity contribution is -0.116. The van der Waals surface area contributed by atoms with E-state index in [1.54, 1.807) is 36.4 Å². The summed E-state index contributed by atoms with van der Waals surface area (Å²) in [6.07, 6.45) is 1.03. The molecule has 2 N–H and O–H groups in total. The molecule has 0 saturated carbocycles. The van der Waals surface area contributed by atoms with E-state index in [2.05, 4.69) is 10.0 Å². The summed E-state index contributed by atoms with van der Waals surface area (Å²) in [4.78, 5) is 12.8. The number of sulfonamides is 2. The molecule has 0 bridgehead atoms. The molecule has 0 radical (unpaired) electrons. The quantitative estimate of drug-likeness (QED) is 0.486. The molecule has 0 aliphatic rings. The maximum atomic E-state index is 12.8. The van der Waals surface area contributed by atoms with Crippen LogP contribution in [0.25, 0.3) is 0 Å². The fraction of sp³-hybridized carbons (Fsp3) is 0.208. The maximum Gasteiger partial charge on any atom is 0.261 e. The molecule has 34 heavy (non-hydrogen) atoms. The molecule has 0 saturated heterocycles. The molecule has 1 amide bonds. The smallest absolute Gasteiger partial charge is 0.261 e. The van der Waals surface area contributed by atoms with Gasteiger partial charge in [-0.3, -0.25) is 13.8 Å². The van der Waals surface area contributed by atoms with Crippen LogP contribution in [0.15, 0.2) is 77.7 Å². The van der Waals surface area contributed by atoms with Gasteiger partial charge in [0.05, 0.1) is 22.5 Å². The molecule has 3 aromatic carbocycles. The van der Waals surface area contributed by atoms with Gasteiger partial charge < -0.3 is 5.32 Å². The second kappa shape index (κ2) is 9.86. The van der Waals surface area contributed by atoms with Crippen molar-refractivity contribution in [3.05, 3.63) is 83.9 Å². The van der Waals surface area contributed by atoms with Gasteiger partial charge in [0.25, 0.3) is 10.0 Å². The number of nitrogens with one attached hydrogen (secondary N) is 2. The lowest BCUT2D eigenvalue weighted by atomic mass is 10.1. The van der Waals surface area contributed by atoms with E-state index in [0.717, 1.165) is 21.7 Å². The van der Waals surface area contributed by atoms with Crippen LogP contribution in [-0.4, -0.2) is 35.0 Å². The number of anilines is 3. The topological polar surface area (TPSA) is 113 Å². The van der Waals surface area contributed by atoms with Crippen molar-refractivity contribution in [3.8, 4) is 0 Å². The third-order valence-corrected chi connectivity index (χ3v) is 7.79. The van der Waals surface area contributed by atoms with Gasteiger partial charge in [0.1, 0.15) is 6.04 Å². The number of hydrogen-bond acceptors (Lipinski definition) is 5. The Balaban J connectivity index is 1.77. The number of benzene rings is 3. The highest BCUT2D eigenvalue weighted by Crippen LogP contribution is 2.23. The van der Waals surface area contributed by atoms with E-state index >= 15 is 0 Å². The van der Waals surface area contributed by atoms with Gasteiger partial charge in [0, 0.05) is 5.69 Å². The van der Waals surface area contributed by atoms with E-state index in [1.165, 1.54) is 31.2 Å². The molecule has 0 aliphatic heterocycles. The third kappa shape index (κ3) is 5.95. The Morgan fingerprint density at radius 1 is 0.882 bits per heavy atom. The molecule has 3 aromatic rings. The first-order valence-electron chi connectivity index (χ1n) is 10.4. The number of rotatable bonds is 8. The Hall–Kier alpha value is -3.37. The van der Waals surface area contributed by atoms with Crippen molar-refractivity contribution in [2.75, 3.05) is 20.6 Å². The second-order valence-corrected chi connectivity index (χ2v) is 11.5. The first-order valence-corrected chi connectivity index (χ1v) is 13.8. The van der Waals surface area contributed by atoms with Crippen molar-refractivity contribution < 1.29 is 21.6 Å². The van der Waals surface area contributed by atoms with E-state index in [4.69, 9.17) is 0 Å². The van der Waals surface area contributed by atoms with Crippen molar-refractivity contribution in [2.24, 2.45) is 0 Å². The monoisotopic (exact) mass is 501 g/mol. The normalized spacial score (nSPS) is 12.6. The fourth-order valence-corrected chi connectivity index (χ4v) is 5.69. The summed E-state index contributed by atoms with van der Waals surface area (Å²) >= 11 is 0. The number of amides is 1. The van der Waals surface area contributed by atoms with Crippen LogP contribution >= 0.6 is 0 Å². The van der Waals surface area contributed by atoms with Gasteiger partial charge in [-0.05, 0) is 74.4 Å². The average molecular weight is 502 g/mol. The molecule has 8 nitrogen and oxygen atoms in total. The van der Waals surface area contributed by atoms with Crippen LogP contribution in [0, 0.1) is 13.8 Å². The highest BCUT2D eigenvalue weighted by Gasteiger charge is 2.29. The molecule has 10 heteroatoms. The van der Waals surface area contributed by atoms with Crippen LogP contribution in [0.3, 0.4) is 0 Å². The predicted molar refractivity (Wildman–Crippen MR) is 135 cm³/mol. The van der Waals surface area contributed by atoms with E-state index < -0.39 is 32.0 Å². The van der Waals surface area contributed by atoms with Crippen LogP contribution in [0.1, 0.15) is 18.1 Å². The van der Waals surface area contributed by atoms with E-state index in [-0.39, 0.29) is 4.90 Å². The van der Waals surface area contributed by atoms with Crippen LogP contribution in [-0.2, 0) is 24.8 Å². The lowest BCUT2D eigenvalue weighted by Gasteiger charge is -2.28. The molecule has 3 rings (SSSR count). The molecule has 0 unspecified atom stereocenters. The largest absolute Gasteiger partial charge is 0.324 e. The fourth-order valence-electron chi connectivity index (χ4n) is 3.40. The Labute approximate surface area is 200 Å². The third-order valence-electron chi connectivity index (χ3n) is 5.17. The van der Waals surface area contributed by atoms with Crippen LogP contribution < -0.4 is 14.3 Å². The van der Waals surface area contributed by atoms with Gasteiger partial charge in [0.2, 0.25) is 15.9 Å². The molecular formula is C24H27N3O5S2. The zero-order valence-corrected chi connectivity index (χ0v) is 20.9. The van der Waals surface area contributed by atoms with Gasteiger partial charge in [-0.25, -0.2) is 16.8 Å². The van der Waals surface area contributed by atoms with Crippen LogP contribution in [0.2, 0.25) is 0 Å². The number of hydrogen-bond donors (Lipinski definition) is 2. The molecule has 180 valence electrons.